The van der Waals surface area contributed by atoms with Crippen LogP contribution >= 0.6 is 11.6 Å². The quantitative estimate of drug-likeness (QED) is 0.840. The van der Waals surface area contributed by atoms with Gasteiger partial charge in [-0.05, 0) is 25.7 Å². The van der Waals surface area contributed by atoms with Crippen LogP contribution in [-0.4, -0.2) is 54.5 Å². The maximum Gasteiger partial charge on any atom is 0.230 e. The molecule has 0 radical (unpaired) electrons. The number of nitrogens with one attached hydrogen (secondary N) is 1. The lowest BCUT2D eigenvalue weighted by Crippen LogP contribution is -2.54. The van der Waals surface area contributed by atoms with Gasteiger partial charge in [0.05, 0.1) is 13.2 Å². The van der Waals surface area contributed by atoms with Crippen molar-refractivity contribution in [2.24, 2.45) is 0 Å². The number of hydrogen-bond acceptors (Lipinski definition) is 6. The average Bonchev–Trinajstić information content (AvgIpc) is 3.06. The lowest BCUT2D eigenvalue weighted by molar-refractivity contribution is 0.138. The van der Waals surface area contributed by atoms with Gasteiger partial charge in [0.15, 0.2) is 0 Å². The molecule has 0 spiro atoms. The van der Waals surface area contributed by atoms with E-state index in [-0.39, 0.29) is 6.10 Å². The van der Waals surface area contributed by atoms with Crippen LogP contribution in [0.15, 0.2) is 6.07 Å². The molecule has 1 aromatic rings. The Balaban J connectivity index is 1.48. The van der Waals surface area contributed by atoms with Crippen LogP contribution < -0.4 is 15.0 Å². The molecule has 3 aliphatic rings. The molecule has 4 atom stereocenters. The molecule has 3 fully saturated rings. The molecule has 132 valence electrons. The molecule has 3 saturated heterocycles. The van der Waals surface area contributed by atoms with Gasteiger partial charge in [-0.25, -0.2) is 4.98 Å². The topological polar surface area (TPSA) is 59.5 Å². The molecular weight excluding hydrogens is 328 g/mol. The zero-order chi connectivity index (χ0) is 16.5. The van der Waals surface area contributed by atoms with E-state index in [0.717, 1.165) is 25.9 Å². The highest BCUT2D eigenvalue weighted by Crippen LogP contribution is 2.30. The van der Waals surface area contributed by atoms with E-state index in [1.54, 1.807) is 6.07 Å². The first kappa shape index (κ1) is 16.4. The van der Waals surface area contributed by atoms with Gasteiger partial charge in [0, 0.05) is 37.7 Å². The van der Waals surface area contributed by atoms with E-state index in [2.05, 4.69) is 27.2 Å². The monoisotopic (exact) mass is 352 g/mol. The molecular formula is C17H25ClN4O2. The van der Waals surface area contributed by atoms with E-state index in [0.29, 0.717) is 41.7 Å². The predicted octanol–water partition coefficient (Wildman–Crippen LogP) is 2.41. The second kappa shape index (κ2) is 7.02. The van der Waals surface area contributed by atoms with Gasteiger partial charge in [0.2, 0.25) is 11.8 Å². The fourth-order valence-electron chi connectivity index (χ4n) is 4.10. The van der Waals surface area contributed by atoms with Crippen LogP contribution in [0.5, 0.6) is 5.88 Å². The van der Waals surface area contributed by atoms with Crippen molar-refractivity contribution in [3.8, 4) is 5.88 Å². The molecule has 4 heterocycles. The molecule has 0 aromatic carbocycles. The van der Waals surface area contributed by atoms with Crippen molar-refractivity contribution in [2.45, 2.75) is 62.8 Å². The zero-order valence-corrected chi connectivity index (χ0v) is 14.8. The highest BCUT2D eigenvalue weighted by molar-refractivity contribution is 6.29. The normalized spacial score (nSPS) is 32.6. The summed E-state index contributed by atoms with van der Waals surface area (Å²) in [4.78, 5) is 11.2. The molecule has 1 N–H and O–H groups in total. The number of nitrogens with zero attached hydrogens (tertiary/aromatic N) is 3. The first-order valence-electron chi connectivity index (χ1n) is 8.95. The Kier molecular flexibility index (Phi) is 4.79. The van der Waals surface area contributed by atoms with Crippen molar-refractivity contribution >= 4 is 17.5 Å². The predicted molar refractivity (Wildman–Crippen MR) is 92.9 cm³/mol. The van der Waals surface area contributed by atoms with Crippen molar-refractivity contribution < 1.29 is 9.47 Å². The Morgan fingerprint density at radius 1 is 1.25 bits per heavy atom. The second-order valence-electron chi connectivity index (χ2n) is 7.16. The summed E-state index contributed by atoms with van der Waals surface area (Å²) in [6, 6.07) is 3.38. The smallest absolute Gasteiger partial charge is 0.230 e. The van der Waals surface area contributed by atoms with Gasteiger partial charge in [0.1, 0.15) is 11.3 Å². The second-order valence-corrected chi connectivity index (χ2v) is 7.55. The molecule has 0 saturated carbocycles. The number of fused-ring (bicyclic) bond motifs is 2. The fourth-order valence-corrected chi connectivity index (χ4v) is 4.26. The van der Waals surface area contributed by atoms with Crippen molar-refractivity contribution in [1.82, 2.24) is 15.3 Å². The van der Waals surface area contributed by atoms with Crippen LogP contribution in [-0.2, 0) is 4.74 Å². The van der Waals surface area contributed by atoms with Crippen LogP contribution in [0.25, 0.3) is 0 Å². The van der Waals surface area contributed by atoms with Gasteiger partial charge in [-0.15, -0.1) is 0 Å². The Bertz CT molecular complexity index is 570. The van der Waals surface area contributed by atoms with Crippen LogP contribution in [0.4, 0.5) is 5.95 Å². The Hall–Kier alpha value is -1.11. The Morgan fingerprint density at radius 3 is 2.75 bits per heavy atom. The average molecular weight is 353 g/mol. The van der Waals surface area contributed by atoms with Gasteiger partial charge in [0.25, 0.3) is 0 Å². The number of anilines is 1. The highest BCUT2D eigenvalue weighted by atomic mass is 35.5. The Labute approximate surface area is 147 Å². The minimum absolute atomic E-state index is 0.0624. The van der Waals surface area contributed by atoms with Crippen molar-refractivity contribution in [3.63, 3.8) is 0 Å². The van der Waals surface area contributed by atoms with Crippen molar-refractivity contribution in [3.05, 3.63) is 11.2 Å². The largest absolute Gasteiger partial charge is 0.472 e. The summed E-state index contributed by atoms with van der Waals surface area (Å²) >= 11 is 6.21. The van der Waals surface area contributed by atoms with E-state index < -0.39 is 0 Å². The molecule has 7 heteroatoms. The van der Waals surface area contributed by atoms with E-state index >= 15 is 0 Å². The standard InChI is InChI=1S/C17H25ClN4O2/c1-22(13-7-11-3-2-4-12(8-13)19-11)17-20-15(18)9-16(21-17)24-14-5-6-23-10-14/h9,11-14,19H,2-8,10H2,1H3/t11-,12+,13+,14-/m0/s1. The molecule has 0 aliphatic carbocycles. The van der Waals surface area contributed by atoms with E-state index in [9.17, 15) is 0 Å². The maximum absolute atomic E-state index is 6.21. The number of piperidine rings is 2. The van der Waals surface area contributed by atoms with Gasteiger partial charge >= 0.3 is 0 Å². The van der Waals surface area contributed by atoms with Gasteiger partial charge in [-0.2, -0.15) is 4.98 Å². The summed E-state index contributed by atoms with van der Waals surface area (Å²) < 4.78 is 11.3. The van der Waals surface area contributed by atoms with Crippen molar-refractivity contribution in [2.75, 3.05) is 25.2 Å². The summed E-state index contributed by atoms with van der Waals surface area (Å²) in [5.74, 6) is 1.20. The van der Waals surface area contributed by atoms with Gasteiger partial charge < -0.3 is 19.7 Å². The van der Waals surface area contributed by atoms with Crippen LogP contribution in [0, 0.1) is 0 Å². The maximum atomic E-state index is 6.21. The number of halogens is 1. The summed E-state index contributed by atoms with van der Waals surface area (Å²) in [5.41, 5.74) is 0. The molecule has 0 amide bonds. The third-order valence-electron chi connectivity index (χ3n) is 5.39. The zero-order valence-electron chi connectivity index (χ0n) is 14.1. The molecule has 2 bridgehead atoms. The third kappa shape index (κ3) is 3.60. The first-order valence-corrected chi connectivity index (χ1v) is 9.33. The molecule has 3 aliphatic heterocycles. The first-order chi connectivity index (χ1) is 11.7. The molecule has 4 rings (SSSR count). The third-order valence-corrected chi connectivity index (χ3v) is 5.58. The lowest BCUT2D eigenvalue weighted by Gasteiger charge is -2.43. The molecule has 24 heavy (non-hydrogen) atoms. The van der Waals surface area contributed by atoms with Gasteiger partial charge in [-0.3, -0.25) is 0 Å². The van der Waals surface area contributed by atoms with Crippen LogP contribution in [0.1, 0.15) is 38.5 Å². The molecule has 1 aromatic heterocycles. The fraction of sp³-hybridized carbons (Fsp3) is 0.765. The molecule has 6 nitrogen and oxygen atoms in total. The van der Waals surface area contributed by atoms with Gasteiger partial charge in [-0.1, -0.05) is 18.0 Å². The van der Waals surface area contributed by atoms with Crippen LogP contribution in [0.3, 0.4) is 0 Å². The van der Waals surface area contributed by atoms with Crippen molar-refractivity contribution in [1.29, 1.82) is 0 Å². The SMILES string of the molecule is CN(c1nc(Cl)cc(O[C@H]2CCOC2)n1)[C@H]1C[C@H]2CCC[C@@H](C1)N2. The number of aromatic nitrogens is 2. The number of hydrogen-bond donors (Lipinski definition) is 1. The van der Waals surface area contributed by atoms with E-state index in [1.165, 1.54) is 19.3 Å². The highest BCUT2D eigenvalue weighted by Gasteiger charge is 2.34. The number of rotatable bonds is 4. The summed E-state index contributed by atoms with van der Waals surface area (Å²) in [5, 5.41) is 4.15. The summed E-state index contributed by atoms with van der Waals surface area (Å²) in [6.07, 6.45) is 7.11. The lowest BCUT2D eigenvalue weighted by atomic mass is 9.83. The Morgan fingerprint density at radius 2 is 2.04 bits per heavy atom. The summed E-state index contributed by atoms with van der Waals surface area (Å²) in [7, 11) is 2.07. The number of ether oxygens (including phenoxy) is 2. The van der Waals surface area contributed by atoms with E-state index in [1.807, 2.05) is 0 Å². The minimum Gasteiger partial charge on any atom is -0.472 e. The van der Waals surface area contributed by atoms with E-state index in [4.69, 9.17) is 21.1 Å². The summed E-state index contributed by atoms with van der Waals surface area (Å²) in [6.45, 7) is 1.36. The minimum atomic E-state index is 0.0624. The van der Waals surface area contributed by atoms with Crippen LogP contribution in [0.2, 0.25) is 5.15 Å². The molecule has 0 unspecified atom stereocenters.